The minimum absolute atomic E-state index is 0.220. The standard InChI is InChI=1S/C27H39N5O7/c1-5-15(4)23(27(38)39)32-25(36)20(10-11-21(33)34)30-26(37)22(14(2)3)31-24(35)18(28)12-16-13-29-19-9-7-6-8-17(16)19/h6-9,13-15,18,20,22-23,29H,5,10-12,28H2,1-4H3,(H,30,37)(H,31,35)(H,32,36)(H,33,34)(H,38,39). The summed E-state index contributed by atoms with van der Waals surface area (Å²) >= 11 is 0. The smallest absolute Gasteiger partial charge is 0.326 e. The fourth-order valence-electron chi connectivity index (χ4n) is 4.16. The predicted molar refractivity (Wildman–Crippen MR) is 145 cm³/mol. The van der Waals surface area contributed by atoms with Gasteiger partial charge < -0.3 is 36.9 Å². The van der Waals surface area contributed by atoms with Crippen molar-refractivity contribution in [2.24, 2.45) is 17.6 Å². The van der Waals surface area contributed by atoms with E-state index in [1.807, 2.05) is 24.3 Å². The Morgan fingerprint density at radius 1 is 0.923 bits per heavy atom. The summed E-state index contributed by atoms with van der Waals surface area (Å²) in [5.41, 5.74) is 7.91. The van der Waals surface area contributed by atoms with Crippen molar-refractivity contribution in [1.29, 1.82) is 0 Å². The van der Waals surface area contributed by atoms with Crippen molar-refractivity contribution in [3.8, 4) is 0 Å². The SMILES string of the molecule is CCC(C)C(NC(=O)C(CCC(=O)O)NC(=O)C(NC(=O)C(N)Cc1c[nH]c2ccccc12)C(C)C)C(=O)O. The molecule has 214 valence electrons. The molecule has 3 amide bonds. The first-order valence-corrected chi connectivity index (χ1v) is 13.0. The van der Waals surface area contributed by atoms with Gasteiger partial charge in [0.25, 0.3) is 0 Å². The van der Waals surface area contributed by atoms with Gasteiger partial charge >= 0.3 is 11.9 Å². The molecule has 0 aliphatic carbocycles. The number of carboxylic acids is 2. The van der Waals surface area contributed by atoms with E-state index in [1.165, 1.54) is 0 Å². The normalized spacial score (nSPS) is 15.1. The summed E-state index contributed by atoms with van der Waals surface area (Å²) in [6.07, 6.45) is 1.77. The molecule has 0 spiro atoms. The van der Waals surface area contributed by atoms with Crippen LogP contribution in [0.15, 0.2) is 30.5 Å². The Bertz CT molecular complexity index is 1180. The highest BCUT2D eigenvalue weighted by Gasteiger charge is 2.33. The van der Waals surface area contributed by atoms with E-state index in [9.17, 15) is 29.1 Å². The molecular formula is C27H39N5O7. The molecule has 1 heterocycles. The van der Waals surface area contributed by atoms with E-state index >= 15 is 0 Å². The van der Waals surface area contributed by atoms with Crippen molar-refractivity contribution in [3.05, 3.63) is 36.0 Å². The Morgan fingerprint density at radius 3 is 2.15 bits per heavy atom. The zero-order chi connectivity index (χ0) is 29.3. The number of rotatable bonds is 15. The van der Waals surface area contributed by atoms with Gasteiger partial charge in [0.05, 0.1) is 6.04 Å². The first kappa shape index (κ1) is 31.3. The number of para-hydroxylation sites is 1. The molecule has 0 saturated heterocycles. The zero-order valence-corrected chi connectivity index (χ0v) is 22.7. The van der Waals surface area contributed by atoms with Gasteiger partial charge in [0.1, 0.15) is 18.1 Å². The number of benzene rings is 1. The Balaban J connectivity index is 2.13. The van der Waals surface area contributed by atoms with Gasteiger partial charge in [0.15, 0.2) is 0 Å². The van der Waals surface area contributed by atoms with E-state index in [2.05, 4.69) is 20.9 Å². The maximum atomic E-state index is 13.2. The Labute approximate surface area is 227 Å². The van der Waals surface area contributed by atoms with E-state index in [0.717, 1.165) is 16.5 Å². The number of aromatic nitrogens is 1. The van der Waals surface area contributed by atoms with Crippen LogP contribution in [0.3, 0.4) is 0 Å². The minimum atomic E-state index is -1.32. The molecule has 0 radical (unpaired) electrons. The number of H-pyrrole nitrogens is 1. The Morgan fingerprint density at radius 2 is 1.56 bits per heavy atom. The van der Waals surface area contributed by atoms with Crippen molar-refractivity contribution in [1.82, 2.24) is 20.9 Å². The van der Waals surface area contributed by atoms with Crippen LogP contribution in [0, 0.1) is 11.8 Å². The van der Waals surface area contributed by atoms with Crippen molar-refractivity contribution in [2.75, 3.05) is 0 Å². The summed E-state index contributed by atoms with van der Waals surface area (Å²) in [4.78, 5) is 65.0. The van der Waals surface area contributed by atoms with Crippen LogP contribution in [0.5, 0.6) is 0 Å². The highest BCUT2D eigenvalue weighted by atomic mass is 16.4. The molecule has 0 saturated carbocycles. The topological polar surface area (TPSA) is 204 Å². The first-order chi connectivity index (χ1) is 18.3. The summed E-state index contributed by atoms with van der Waals surface area (Å²) in [6, 6.07) is 3.01. The average molecular weight is 546 g/mol. The van der Waals surface area contributed by atoms with Crippen LogP contribution in [0.25, 0.3) is 10.9 Å². The van der Waals surface area contributed by atoms with Crippen LogP contribution in [-0.4, -0.2) is 69.0 Å². The second-order valence-electron chi connectivity index (χ2n) is 10.1. The molecule has 2 rings (SSSR count). The number of aliphatic carboxylic acids is 2. The van der Waals surface area contributed by atoms with Gasteiger partial charge in [-0.3, -0.25) is 19.2 Å². The molecule has 0 aliphatic rings. The maximum absolute atomic E-state index is 13.2. The number of fused-ring (bicyclic) bond motifs is 1. The lowest BCUT2D eigenvalue weighted by Crippen LogP contribution is -2.59. The molecule has 5 unspecified atom stereocenters. The van der Waals surface area contributed by atoms with Crippen molar-refractivity contribution in [3.63, 3.8) is 0 Å². The quantitative estimate of drug-likeness (QED) is 0.172. The molecule has 8 N–H and O–H groups in total. The zero-order valence-electron chi connectivity index (χ0n) is 22.7. The molecule has 1 aromatic heterocycles. The number of aromatic amines is 1. The number of nitrogens with two attached hydrogens (primary N) is 1. The van der Waals surface area contributed by atoms with Crippen LogP contribution >= 0.6 is 0 Å². The molecule has 0 bridgehead atoms. The van der Waals surface area contributed by atoms with Crippen molar-refractivity contribution >= 4 is 40.6 Å². The van der Waals surface area contributed by atoms with Crippen molar-refractivity contribution in [2.45, 2.75) is 77.5 Å². The first-order valence-electron chi connectivity index (χ1n) is 13.0. The summed E-state index contributed by atoms with van der Waals surface area (Å²) in [7, 11) is 0. The summed E-state index contributed by atoms with van der Waals surface area (Å²) in [5, 5.41) is 27.1. The van der Waals surface area contributed by atoms with Gasteiger partial charge in [-0.05, 0) is 36.3 Å². The fraction of sp³-hybridized carbons (Fsp3) is 0.519. The molecule has 12 heteroatoms. The number of hydrogen-bond acceptors (Lipinski definition) is 6. The van der Waals surface area contributed by atoms with Gasteiger partial charge in [-0.15, -0.1) is 0 Å². The molecular weight excluding hydrogens is 506 g/mol. The summed E-state index contributed by atoms with van der Waals surface area (Å²) in [5.74, 6) is -5.31. The highest BCUT2D eigenvalue weighted by molar-refractivity contribution is 5.94. The Hall–Kier alpha value is -3.93. The van der Waals surface area contributed by atoms with Gasteiger partial charge in [-0.1, -0.05) is 52.3 Å². The van der Waals surface area contributed by atoms with E-state index in [-0.39, 0.29) is 12.8 Å². The molecule has 5 atom stereocenters. The molecule has 0 aliphatic heterocycles. The molecule has 0 fully saturated rings. The monoisotopic (exact) mass is 545 g/mol. The van der Waals surface area contributed by atoms with Crippen LogP contribution in [0.4, 0.5) is 0 Å². The van der Waals surface area contributed by atoms with Gasteiger partial charge in [-0.2, -0.15) is 0 Å². The lowest BCUT2D eigenvalue weighted by molar-refractivity contribution is -0.144. The largest absolute Gasteiger partial charge is 0.481 e. The average Bonchev–Trinajstić information content (AvgIpc) is 3.29. The van der Waals surface area contributed by atoms with Gasteiger partial charge in [0, 0.05) is 23.5 Å². The summed E-state index contributed by atoms with van der Waals surface area (Å²) < 4.78 is 0. The minimum Gasteiger partial charge on any atom is -0.481 e. The fourth-order valence-corrected chi connectivity index (χ4v) is 4.16. The van der Waals surface area contributed by atoms with Crippen molar-refractivity contribution < 1.29 is 34.2 Å². The Kier molecular flexibility index (Phi) is 11.5. The number of carboxylic acid groups (broad SMARTS) is 2. The number of carbonyl (C=O) groups excluding carboxylic acids is 3. The number of amides is 3. The maximum Gasteiger partial charge on any atom is 0.326 e. The van der Waals surface area contributed by atoms with Crippen LogP contribution in [0.1, 0.15) is 52.5 Å². The predicted octanol–water partition coefficient (Wildman–Crippen LogP) is 1.14. The second-order valence-corrected chi connectivity index (χ2v) is 10.1. The molecule has 2 aromatic rings. The lowest BCUT2D eigenvalue weighted by atomic mass is 9.98. The third-order valence-corrected chi connectivity index (χ3v) is 6.76. The van der Waals surface area contributed by atoms with E-state index in [0.29, 0.717) is 6.42 Å². The van der Waals surface area contributed by atoms with Crippen LogP contribution in [-0.2, 0) is 30.4 Å². The number of hydrogen-bond donors (Lipinski definition) is 7. The van der Waals surface area contributed by atoms with Gasteiger partial charge in [-0.25, -0.2) is 4.79 Å². The molecule has 12 nitrogen and oxygen atoms in total. The molecule has 1 aromatic carbocycles. The highest BCUT2D eigenvalue weighted by Crippen LogP contribution is 2.19. The third-order valence-electron chi connectivity index (χ3n) is 6.76. The lowest BCUT2D eigenvalue weighted by Gasteiger charge is -2.27. The van der Waals surface area contributed by atoms with Crippen LogP contribution in [0.2, 0.25) is 0 Å². The summed E-state index contributed by atoms with van der Waals surface area (Å²) in [6.45, 7) is 6.83. The van der Waals surface area contributed by atoms with Gasteiger partial charge in [0.2, 0.25) is 17.7 Å². The second kappa shape index (κ2) is 14.3. The molecule has 39 heavy (non-hydrogen) atoms. The number of carbonyl (C=O) groups is 5. The number of nitrogens with one attached hydrogen (secondary N) is 4. The van der Waals surface area contributed by atoms with Crippen LogP contribution < -0.4 is 21.7 Å². The van der Waals surface area contributed by atoms with E-state index < -0.39 is 72.1 Å². The van der Waals surface area contributed by atoms with E-state index in [4.69, 9.17) is 10.8 Å². The van der Waals surface area contributed by atoms with E-state index in [1.54, 1.807) is 33.9 Å². The third kappa shape index (κ3) is 8.81.